The molecule has 0 saturated heterocycles. The molecule has 2 N–H and O–H groups in total. The van der Waals surface area contributed by atoms with Gasteiger partial charge in [0, 0.05) is 19.6 Å². The molecule has 0 aliphatic rings. The molecule has 18 heavy (non-hydrogen) atoms. The Labute approximate surface area is 111 Å². The minimum atomic E-state index is -0.149. The zero-order valence-electron chi connectivity index (χ0n) is 10.9. The predicted octanol–water partition coefficient (Wildman–Crippen LogP) is 0.544. The van der Waals surface area contributed by atoms with Crippen molar-refractivity contribution in [2.75, 3.05) is 27.2 Å². The van der Waals surface area contributed by atoms with E-state index in [9.17, 15) is 9.59 Å². The highest BCUT2D eigenvalue weighted by molar-refractivity contribution is 7.12. The van der Waals surface area contributed by atoms with E-state index in [4.69, 9.17) is 0 Å². The molecule has 0 fully saturated rings. The number of amides is 2. The SMILES string of the molecule is CNC(C)CNC(=O)CN(C)C(=O)c1cccs1. The monoisotopic (exact) mass is 269 g/mol. The van der Waals surface area contributed by atoms with Gasteiger partial charge in [-0.05, 0) is 25.4 Å². The van der Waals surface area contributed by atoms with Crippen LogP contribution < -0.4 is 10.6 Å². The lowest BCUT2D eigenvalue weighted by atomic mass is 10.3. The molecule has 0 saturated carbocycles. The second-order valence-electron chi connectivity index (χ2n) is 4.13. The number of likely N-dealkylation sites (N-methyl/N-ethyl adjacent to an activating group) is 2. The van der Waals surface area contributed by atoms with E-state index in [1.807, 2.05) is 25.4 Å². The van der Waals surface area contributed by atoms with Gasteiger partial charge in [-0.25, -0.2) is 0 Å². The number of hydrogen-bond acceptors (Lipinski definition) is 4. The van der Waals surface area contributed by atoms with Gasteiger partial charge in [0.2, 0.25) is 5.91 Å². The molecule has 1 heterocycles. The Morgan fingerprint density at radius 2 is 2.22 bits per heavy atom. The quantitative estimate of drug-likeness (QED) is 0.792. The van der Waals surface area contributed by atoms with E-state index < -0.39 is 0 Å². The number of carbonyl (C=O) groups is 2. The Morgan fingerprint density at radius 3 is 2.78 bits per heavy atom. The Hall–Kier alpha value is -1.40. The molecular formula is C12H19N3O2S. The van der Waals surface area contributed by atoms with E-state index in [2.05, 4.69) is 10.6 Å². The maximum atomic E-state index is 11.9. The molecule has 6 heteroatoms. The molecular weight excluding hydrogens is 250 g/mol. The van der Waals surface area contributed by atoms with Crippen molar-refractivity contribution in [3.8, 4) is 0 Å². The average Bonchev–Trinajstić information content (AvgIpc) is 2.88. The zero-order valence-corrected chi connectivity index (χ0v) is 11.7. The predicted molar refractivity (Wildman–Crippen MR) is 72.8 cm³/mol. The maximum Gasteiger partial charge on any atom is 0.264 e. The Balaban J connectivity index is 2.38. The number of carbonyl (C=O) groups excluding carboxylic acids is 2. The van der Waals surface area contributed by atoms with E-state index in [1.54, 1.807) is 13.1 Å². The van der Waals surface area contributed by atoms with Gasteiger partial charge in [0.05, 0.1) is 11.4 Å². The summed E-state index contributed by atoms with van der Waals surface area (Å²) in [4.78, 5) is 25.6. The summed E-state index contributed by atoms with van der Waals surface area (Å²) in [6.07, 6.45) is 0. The number of nitrogens with zero attached hydrogens (tertiary/aromatic N) is 1. The second kappa shape index (κ2) is 7.13. The Morgan fingerprint density at radius 1 is 1.50 bits per heavy atom. The third-order valence-electron chi connectivity index (χ3n) is 2.56. The fraction of sp³-hybridized carbons (Fsp3) is 0.500. The minimum absolute atomic E-state index is 0.0766. The molecule has 0 bridgehead atoms. The van der Waals surface area contributed by atoms with Crippen molar-refractivity contribution in [1.29, 1.82) is 0 Å². The third-order valence-corrected chi connectivity index (χ3v) is 3.42. The second-order valence-corrected chi connectivity index (χ2v) is 5.08. The van der Waals surface area contributed by atoms with Crippen molar-refractivity contribution in [1.82, 2.24) is 15.5 Å². The van der Waals surface area contributed by atoms with E-state index in [1.165, 1.54) is 16.2 Å². The van der Waals surface area contributed by atoms with Gasteiger partial charge in [0.1, 0.15) is 0 Å². The molecule has 0 spiro atoms. The summed E-state index contributed by atoms with van der Waals surface area (Å²) in [5.74, 6) is -0.272. The van der Waals surface area contributed by atoms with E-state index in [0.717, 1.165) is 0 Å². The summed E-state index contributed by atoms with van der Waals surface area (Å²) in [6, 6.07) is 3.79. The summed E-state index contributed by atoms with van der Waals surface area (Å²) in [7, 11) is 3.46. The van der Waals surface area contributed by atoms with Crippen LogP contribution in [-0.4, -0.2) is 49.9 Å². The molecule has 0 aliphatic carbocycles. The summed E-state index contributed by atoms with van der Waals surface area (Å²) < 4.78 is 0. The first-order valence-electron chi connectivity index (χ1n) is 5.77. The third kappa shape index (κ3) is 4.46. The number of nitrogens with one attached hydrogen (secondary N) is 2. The van der Waals surface area contributed by atoms with Crippen molar-refractivity contribution in [3.63, 3.8) is 0 Å². The lowest BCUT2D eigenvalue weighted by Gasteiger charge is -2.17. The van der Waals surface area contributed by atoms with Crippen LogP contribution in [0.25, 0.3) is 0 Å². The fourth-order valence-corrected chi connectivity index (χ4v) is 2.02. The number of rotatable bonds is 6. The molecule has 0 aliphatic heterocycles. The van der Waals surface area contributed by atoms with Crippen LogP contribution in [0.15, 0.2) is 17.5 Å². The molecule has 1 rings (SSSR count). The van der Waals surface area contributed by atoms with Crippen molar-refractivity contribution >= 4 is 23.2 Å². The molecule has 1 unspecified atom stereocenters. The van der Waals surface area contributed by atoms with Gasteiger partial charge in [0.25, 0.3) is 5.91 Å². The van der Waals surface area contributed by atoms with Crippen LogP contribution in [0, 0.1) is 0 Å². The molecule has 0 radical (unpaired) electrons. The van der Waals surface area contributed by atoms with Gasteiger partial charge in [-0.2, -0.15) is 0 Å². The van der Waals surface area contributed by atoms with Crippen LogP contribution in [-0.2, 0) is 4.79 Å². The molecule has 100 valence electrons. The summed E-state index contributed by atoms with van der Waals surface area (Å²) in [5, 5.41) is 7.64. The minimum Gasteiger partial charge on any atom is -0.353 e. The van der Waals surface area contributed by atoms with Gasteiger partial charge < -0.3 is 15.5 Å². The largest absolute Gasteiger partial charge is 0.353 e. The van der Waals surface area contributed by atoms with E-state index in [0.29, 0.717) is 11.4 Å². The van der Waals surface area contributed by atoms with Crippen molar-refractivity contribution in [3.05, 3.63) is 22.4 Å². The Bertz CT molecular complexity index is 392. The normalized spacial score (nSPS) is 11.9. The lowest BCUT2D eigenvalue weighted by Crippen LogP contribution is -2.42. The number of thiophene rings is 1. The molecule has 1 atom stereocenters. The first kappa shape index (κ1) is 14.7. The fourth-order valence-electron chi connectivity index (χ4n) is 1.30. The van der Waals surface area contributed by atoms with Gasteiger partial charge in [0.15, 0.2) is 0 Å². The van der Waals surface area contributed by atoms with Crippen LogP contribution in [0.4, 0.5) is 0 Å². The molecule has 5 nitrogen and oxygen atoms in total. The van der Waals surface area contributed by atoms with Crippen molar-refractivity contribution < 1.29 is 9.59 Å². The van der Waals surface area contributed by atoms with Crippen LogP contribution in [0.5, 0.6) is 0 Å². The van der Waals surface area contributed by atoms with Crippen LogP contribution >= 0.6 is 11.3 Å². The summed E-state index contributed by atoms with van der Waals surface area (Å²) in [6.45, 7) is 2.60. The molecule has 2 amide bonds. The summed E-state index contributed by atoms with van der Waals surface area (Å²) >= 11 is 1.38. The van der Waals surface area contributed by atoms with Crippen LogP contribution in [0.3, 0.4) is 0 Å². The number of hydrogen-bond donors (Lipinski definition) is 2. The maximum absolute atomic E-state index is 11.9. The standard InChI is InChI=1S/C12H19N3O2S/c1-9(13-2)7-14-11(16)8-15(3)12(17)10-5-4-6-18-10/h4-6,9,13H,7-8H2,1-3H3,(H,14,16). The highest BCUT2D eigenvalue weighted by atomic mass is 32.1. The van der Waals surface area contributed by atoms with E-state index in [-0.39, 0.29) is 24.4 Å². The zero-order chi connectivity index (χ0) is 13.5. The van der Waals surface area contributed by atoms with Gasteiger partial charge in [-0.3, -0.25) is 9.59 Å². The smallest absolute Gasteiger partial charge is 0.264 e. The molecule has 0 aromatic carbocycles. The topological polar surface area (TPSA) is 61.4 Å². The van der Waals surface area contributed by atoms with Crippen molar-refractivity contribution in [2.24, 2.45) is 0 Å². The van der Waals surface area contributed by atoms with E-state index >= 15 is 0 Å². The average molecular weight is 269 g/mol. The van der Waals surface area contributed by atoms with Crippen LogP contribution in [0.2, 0.25) is 0 Å². The highest BCUT2D eigenvalue weighted by Crippen LogP contribution is 2.10. The van der Waals surface area contributed by atoms with Gasteiger partial charge in [-0.1, -0.05) is 6.07 Å². The molecule has 1 aromatic rings. The van der Waals surface area contributed by atoms with Gasteiger partial charge >= 0.3 is 0 Å². The lowest BCUT2D eigenvalue weighted by molar-refractivity contribution is -0.121. The first-order valence-corrected chi connectivity index (χ1v) is 6.65. The highest BCUT2D eigenvalue weighted by Gasteiger charge is 2.15. The van der Waals surface area contributed by atoms with Crippen LogP contribution in [0.1, 0.15) is 16.6 Å². The first-order chi connectivity index (χ1) is 8.54. The summed E-state index contributed by atoms with van der Waals surface area (Å²) in [5.41, 5.74) is 0. The van der Waals surface area contributed by atoms with Crippen molar-refractivity contribution in [2.45, 2.75) is 13.0 Å². The van der Waals surface area contributed by atoms with Gasteiger partial charge in [-0.15, -0.1) is 11.3 Å². The Kier molecular flexibility index (Phi) is 5.80. The molecule has 1 aromatic heterocycles.